The molecule has 0 aromatic rings. The molecule has 0 saturated heterocycles. The highest BCUT2D eigenvalue weighted by molar-refractivity contribution is 7.80. The third-order valence-electron chi connectivity index (χ3n) is 11.0. The van der Waals surface area contributed by atoms with Crippen molar-refractivity contribution in [1.82, 2.24) is 5.32 Å². The molecule has 29 heavy (non-hydrogen) atoms. The second-order valence-electron chi connectivity index (χ2n) is 12.3. The predicted molar refractivity (Wildman–Crippen MR) is 127 cm³/mol. The predicted octanol–water partition coefficient (Wildman–Crippen LogP) is 6.83. The van der Waals surface area contributed by atoms with Gasteiger partial charge >= 0.3 is 0 Å². The molecule has 1 N–H and O–H groups in total. The molecule has 1 nitrogen and oxygen atoms in total. The lowest BCUT2D eigenvalue weighted by atomic mass is 9.49. The van der Waals surface area contributed by atoms with E-state index in [1.54, 1.807) is 51.4 Å². The smallest absolute Gasteiger partial charge is 0.00695 e. The number of nitrogens with one attached hydrogen (secondary N) is 1. The van der Waals surface area contributed by atoms with Crippen molar-refractivity contribution in [2.75, 3.05) is 12.8 Å². The molecule has 166 valence electrons. The number of hydrogen-bond donors (Lipinski definition) is 2. The van der Waals surface area contributed by atoms with Crippen LogP contribution in [-0.4, -0.2) is 18.8 Å². The highest BCUT2D eigenvalue weighted by Crippen LogP contribution is 2.60. The molecule has 5 rings (SSSR count). The minimum Gasteiger partial charge on any atom is -0.317 e. The first-order chi connectivity index (χ1) is 14.2. The molecule has 0 bridgehead atoms. The molecular formula is C27H47NS. The van der Waals surface area contributed by atoms with E-state index < -0.39 is 0 Å². The van der Waals surface area contributed by atoms with Gasteiger partial charge in [0.1, 0.15) is 0 Å². The largest absolute Gasteiger partial charge is 0.317 e. The van der Waals surface area contributed by atoms with Gasteiger partial charge in [0.15, 0.2) is 0 Å². The van der Waals surface area contributed by atoms with Gasteiger partial charge in [0.2, 0.25) is 0 Å². The fourth-order valence-corrected chi connectivity index (χ4v) is 8.46. The SMILES string of the molecule is CCC(CS)CCC1CC(C2CC(C3CC(C4CC(C5CC(NC)C5)C4)C3)C2)C1. The van der Waals surface area contributed by atoms with Crippen LogP contribution >= 0.6 is 12.6 Å². The topological polar surface area (TPSA) is 12.0 Å². The molecule has 1 atom stereocenters. The van der Waals surface area contributed by atoms with Gasteiger partial charge in [-0.25, -0.2) is 0 Å². The number of thiol groups is 1. The Morgan fingerprint density at radius 1 is 0.690 bits per heavy atom. The van der Waals surface area contributed by atoms with Crippen LogP contribution in [0.4, 0.5) is 0 Å². The van der Waals surface area contributed by atoms with Gasteiger partial charge in [-0.1, -0.05) is 19.8 Å². The summed E-state index contributed by atoms with van der Waals surface area (Å²) in [7, 11) is 2.14. The average Bonchev–Trinajstić information content (AvgIpc) is 2.54. The lowest BCUT2D eigenvalue weighted by molar-refractivity contribution is -0.0629. The second-order valence-corrected chi connectivity index (χ2v) is 12.7. The van der Waals surface area contributed by atoms with E-state index in [9.17, 15) is 0 Å². The molecule has 5 aliphatic carbocycles. The van der Waals surface area contributed by atoms with Crippen molar-refractivity contribution in [2.24, 2.45) is 59.2 Å². The summed E-state index contributed by atoms with van der Waals surface area (Å²) in [5.41, 5.74) is 0. The Kier molecular flexibility index (Phi) is 6.60. The molecule has 5 aliphatic rings. The molecule has 0 heterocycles. The summed E-state index contributed by atoms with van der Waals surface area (Å²) >= 11 is 4.52. The fraction of sp³-hybridized carbons (Fsp3) is 1.00. The van der Waals surface area contributed by atoms with Crippen LogP contribution in [0.3, 0.4) is 0 Å². The molecule has 1 unspecified atom stereocenters. The van der Waals surface area contributed by atoms with E-state index in [4.69, 9.17) is 0 Å². The van der Waals surface area contributed by atoms with Crippen LogP contribution in [0.5, 0.6) is 0 Å². The molecule has 0 aromatic heterocycles. The molecule has 0 amide bonds. The van der Waals surface area contributed by atoms with Crippen LogP contribution in [0.2, 0.25) is 0 Å². The first kappa shape index (κ1) is 21.2. The summed E-state index contributed by atoms with van der Waals surface area (Å²) in [6, 6.07) is 0.853. The van der Waals surface area contributed by atoms with E-state index >= 15 is 0 Å². The highest BCUT2D eigenvalue weighted by atomic mass is 32.1. The van der Waals surface area contributed by atoms with Crippen LogP contribution in [-0.2, 0) is 0 Å². The molecule has 0 radical (unpaired) electrons. The monoisotopic (exact) mass is 417 g/mol. The van der Waals surface area contributed by atoms with Crippen molar-refractivity contribution in [3.8, 4) is 0 Å². The van der Waals surface area contributed by atoms with Gasteiger partial charge in [0.05, 0.1) is 0 Å². The second kappa shape index (κ2) is 9.05. The van der Waals surface area contributed by atoms with E-state index in [1.807, 2.05) is 0 Å². The summed E-state index contributed by atoms with van der Waals surface area (Å²) < 4.78 is 0. The maximum absolute atomic E-state index is 4.52. The Morgan fingerprint density at radius 3 is 1.48 bits per heavy atom. The summed E-state index contributed by atoms with van der Waals surface area (Å²) in [5.74, 6) is 12.1. The average molecular weight is 418 g/mol. The van der Waals surface area contributed by atoms with Crippen LogP contribution < -0.4 is 5.32 Å². The van der Waals surface area contributed by atoms with E-state index in [2.05, 4.69) is 31.9 Å². The highest BCUT2D eigenvalue weighted by Gasteiger charge is 2.50. The van der Waals surface area contributed by atoms with Crippen molar-refractivity contribution < 1.29 is 0 Å². The standard InChI is InChI=1S/C27H47NS/c1-3-17(16-29)4-5-18-6-19(7-18)20-8-21(9-20)22-10-23(11-22)24-12-25(13-24)26-14-27(15-26)28-2/h17-29H,3-16H2,1-2H3. The molecular weight excluding hydrogens is 370 g/mol. The van der Waals surface area contributed by atoms with Gasteiger partial charge in [-0.2, -0.15) is 12.6 Å². The quantitative estimate of drug-likeness (QED) is 0.371. The molecule has 5 saturated carbocycles. The Hall–Kier alpha value is 0.310. The number of rotatable bonds is 10. The Balaban J connectivity index is 0.911. The van der Waals surface area contributed by atoms with Crippen LogP contribution in [0, 0.1) is 59.2 Å². The van der Waals surface area contributed by atoms with Crippen molar-refractivity contribution >= 4 is 12.6 Å². The maximum atomic E-state index is 4.52. The lowest BCUT2D eigenvalue weighted by Gasteiger charge is -2.57. The molecule has 2 heteroatoms. The lowest BCUT2D eigenvalue weighted by Crippen LogP contribution is -2.49. The summed E-state index contributed by atoms with van der Waals surface area (Å²) in [6.07, 6.45) is 20.0. The zero-order chi connectivity index (χ0) is 20.0. The Labute approximate surface area is 186 Å². The van der Waals surface area contributed by atoms with Gasteiger partial charge in [-0.05, 0) is 143 Å². The van der Waals surface area contributed by atoms with E-state index in [0.29, 0.717) is 0 Å². The first-order valence-corrected chi connectivity index (χ1v) is 14.1. The van der Waals surface area contributed by atoms with Crippen molar-refractivity contribution in [3.63, 3.8) is 0 Å². The van der Waals surface area contributed by atoms with Crippen LogP contribution in [0.1, 0.15) is 90.4 Å². The van der Waals surface area contributed by atoms with Gasteiger partial charge in [0, 0.05) is 6.04 Å². The molecule has 0 aliphatic heterocycles. The summed E-state index contributed by atoms with van der Waals surface area (Å²) in [4.78, 5) is 0. The third-order valence-corrected chi connectivity index (χ3v) is 11.5. The van der Waals surface area contributed by atoms with Crippen LogP contribution in [0.15, 0.2) is 0 Å². The number of hydrogen-bond acceptors (Lipinski definition) is 2. The van der Waals surface area contributed by atoms with Gasteiger partial charge in [-0.15, -0.1) is 0 Å². The molecule has 0 spiro atoms. The van der Waals surface area contributed by atoms with E-state index in [-0.39, 0.29) is 0 Å². The van der Waals surface area contributed by atoms with Crippen LogP contribution in [0.25, 0.3) is 0 Å². The maximum Gasteiger partial charge on any atom is 0.00695 e. The van der Waals surface area contributed by atoms with Crippen molar-refractivity contribution in [3.05, 3.63) is 0 Å². The normalized spacial score (nSPS) is 49.8. The molecule has 5 fully saturated rings. The summed E-state index contributed by atoms with van der Waals surface area (Å²) in [6.45, 7) is 2.33. The minimum atomic E-state index is 0.853. The zero-order valence-corrected chi connectivity index (χ0v) is 20.1. The molecule has 0 aromatic carbocycles. The van der Waals surface area contributed by atoms with E-state index in [1.165, 1.54) is 32.1 Å². The summed E-state index contributed by atoms with van der Waals surface area (Å²) in [5, 5.41) is 3.46. The Morgan fingerprint density at radius 2 is 1.10 bits per heavy atom. The van der Waals surface area contributed by atoms with E-state index in [0.717, 1.165) is 71.0 Å². The van der Waals surface area contributed by atoms with Gasteiger partial charge < -0.3 is 5.32 Å². The van der Waals surface area contributed by atoms with Gasteiger partial charge in [0.25, 0.3) is 0 Å². The Bertz CT molecular complexity index is 515. The fourth-order valence-electron chi connectivity index (χ4n) is 8.02. The first-order valence-electron chi connectivity index (χ1n) is 13.4. The zero-order valence-electron chi connectivity index (χ0n) is 19.2. The minimum absolute atomic E-state index is 0.853. The van der Waals surface area contributed by atoms with Gasteiger partial charge in [-0.3, -0.25) is 0 Å². The third kappa shape index (κ3) is 4.33. The van der Waals surface area contributed by atoms with Crippen molar-refractivity contribution in [1.29, 1.82) is 0 Å². The van der Waals surface area contributed by atoms with Crippen molar-refractivity contribution in [2.45, 2.75) is 96.4 Å².